The van der Waals surface area contributed by atoms with Gasteiger partial charge in [-0.1, -0.05) is 11.6 Å². The number of sulfonamides is 2. The summed E-state index contributed by atoms with van der Waals surface area (Å²) < 4.78 is 47.9. The van der Waals surface area contributed by atoms with E-state index in [0.29, 0.717) is 0 Å². The molecule has 1 aromatic rings. The van der Waals surface area contributed by atoms with Crippen LogP contribution in [-0.2, 0) is 20.0 Å². The van der Waals surface area contributed by atoms with Crippen LogP contribution in [0.15, 0.2) is 21.9 Å². The summed E-state index contributed by atoms with van der Waals surface area (Å²) in [6, 6.07) is 2.15. The SMILES string of the molecule is NS(=O)(=O)c1cc2c(cc1Cl)NCNS2(=O)=O.[H-].[Na+]. The number of halogens is 1. The van der Waals surface area contributed by atoms with Gasteiger partial charge in [-0.25, -0.2) is 22.0 Å². The van der Waals surface area contributed by atoms with Crippen molar-refractivity contribution in [2.24, 2.45) is 5.14 Å². The molecular weight excluding hydrogens is 313 g/mol. The zero-order chi connectivity index (χ0) is 12.8. The minimum atomic E-state index is -4.07. The van der Waals surface area contributed by atoms with Crippen LogP contribution in [0.4, 0.5) is 5.69 Å². The van der Waals surface area contributed by atoms with E-state index in [1.807, 2.05) is 0 Å². The summed E-state index contributed by atoms with van der Waals surface area (Å²) >= 11 is 5.72. The van der Waals surface area contributed by atoms with Gasteiger partial charge in [0.05, 0.1) is 17.4 Å². The number of benzene rings is 1. The third kappa shape index (κ3) is 2.99. The van der Waals surface area contributed by atoms with E-state index in [1.54, 1.807) is 0 Å². The third-order valence-electron chi connectivity index (χ3n) is 2.17. The summed E-state index contributed by atoms with van der Waals surface area (Å²) in [7, 11) is -7.80. The second-order valence-corrected chi connectivity index (χ2v) is 7.00. The Bertz CT molecular complexity index is 695. The summed E-state index contributed by atoms with van der Waals surface area (Å²) in [5.41, 5.74) is 0.237. The number of primary sulfonamides is 1. The number of hydrogen-bond acceptors (Lipinski definition) is 5. The Labute approximate surface area is 133 Å². The molecule has 0 saturated heterocycles. The zero-order valence-electron chi connectivity index (χ0n) is 10.3. The van der Waals surface area contributed by atoms with Crippen LogP contribution in [0.25, 0.3) is 0 Å². The maximum atomic E-state index is 11.6. The molecule has 1 aliphatic heterocycles. The number of rotatable bonds is 1. The fraction of sp³-hybridized carbons (Fsp3) is 0.143. The predicted molar refractivity (Wildman–Crippen MR) is 62.7 cm³/mol. The summed E-state index contributed by atoms with van der Waals surface area (Å²) in [4.78, 5) is -0.621. The second kappa shape index (κ2) is 5.25. The van der Waals surface area contributed by atoms with Crippen molar-refractivity contribution in [3.63, 3.8) is 0 Å². The Morgan fingerprint density at radius 3 is 2.56 bits per heavy atom. The molecule has 0 aliphatic carbocycles. The summed E-state index contributed by atoms with van der Waals surface area (Å²) in [6.07, 6.45) is 0. The van der Waals surface area contributed by atoms with Gasteiger partial charge >= 0.3 is 29.6 Å². The molecule has 0 aromatic heterocycles. The number of anilines is 1. The van der Waals surface area contributed by atoms with Crippen molar-refractivity contribution in [1.82, 2.24) is 4.72 Å². The molecule has 2 rings (SSSR count). The fourth-order valence-corrected chi connectivity index (χ4v) is 3.70. The average Bonchev–Trinajstić information content (AvgIpc) is 2.13. The molecule has 11 heteroatoms. The minimum absolute atomic E-state index is 0. The molecule has 7 nitrogen and oxygen atoms in total. The van der Waals surface area contributed by atoms with Crippen molar-refractivity contribution < 1.29 is 47.8 Å². The van der Waals surface area contributed by atoms with Crippen LogP contribution in [0.2, 0.25) is 5.02 Å². The van der Waals surface area contributed by atoms with E-state index in [4.69, 9.17) is 16.7 Å². The van der Waals surface area contributed by atoms with Gasteiger partial charge in [0.2, 0.25) is 20.0 Å². The summed E-state index contributed by atoms with van der Waals surface area (Å²) in [6.45, 7) is 0.0143. The van der Waals surface area contributed by atoms with Gasteiger partial charge < -0.3 is 6.74 Å². The van der Waals surface area contributed by atoms with Crippen LogP contribution in [0.5, 0.6) is 0 Å². The Hall–Kier alpha value is 0.130. The average molecular weight is 322 g/mol. The minimum Gasteiger partial charge on any atom is -1.00 e. The predicted octanol–water partition coefficient (Wildman–Crippen LogP) is -3.23. The van der Waals surface area contributed by atoms with Crippen LogP contribution in [0, 0.1) is 0 Å². The first-order valence-corrected chi connectivity index (χ1v) is 7.72. The number of fused-ring (bicyclic) bond motifs is 1. The molecule has 0 spiro atoms. The van der Waals surface area contributed by atoms with E-state index >= 15 is 0 Å². The zero-order valence-corrected chi connectivity index (χ0v) is 13.7. The Balaban J connectivity index is 0.00000162. The third-order valence-corrected chi connectivity index (χ3v) is 4.99. The Kier molecular flexibility index (Phi) is 4.72. The molecule has 0 radical (unpaired) electrons. The van der Waals surface area contributed by atoms with E-state index in [-0.39, 0.29) is 53.3 Å². The van der Waals surface area contributed by atoms with E-state index < -0.39 is 24.9 Å². The van der Waals surface area contributed by atoms with Crippen molar-refractivity contribution in [3.05, 3.63) is 17.2 Å². The van der Waals surface area contributed by atoms with Crippen molar-refractivity contribution in [2.45, 2.75) is 9.79 Å². The van der Waals surface area contributed by atoms with Crippen LogP contribution in [-0.4, -0.2) is 23.5 Å². The number of nitrogens with one attached hydrogen (secondary N) is 2. The number of nitrogens with two attached hydrogens (primary N) is 1. The van der Waals surface area contributed by atoms with Gasteiger partial charge in [-0.15, -0.1) is 0 Å². The van der Waals surface area contributed by atoms with Crippen molar-refractivity contribution in [1.29, 1.82) is 0 Å². The topological polar surface area (TPSA) is 118 Å². The molecule has 18 heavy (non-hydrogen) atoms. The van der Waals surface area contributed by atoms with Crippen molar-refractivity contribution >= 4 is 37.3 Å². The van der Waals surface area contributed by atoms with Gasteiger partial charge in [-0.05, 0) is 12.1 Å². The first-order chi connectivity index (χ1) is 7.72. The molecule has 0 saturated carbocycles. The molecule has 1 aromatic carbocycles. The van der Waals surface area contributed by atoms with E-state index in [2.05, 4.69) is 10.0 Å². The standard InChI is InChI=1S/C7H8ClN3O4S2.Na.H/c8-4-1-5-7(2-6(4)16(9,12)13)17(14,15)11-3-10-5;;/h1-2,10-11H,3H2,(H2,9,12,13);;/q;+1;-1. The smallest absolute Gasteiger partial charge is 1.00 e. The maximum absolute atomic E-state index is 11.6. The maximum Gasteiger partial charge on any atom is 1.00 e. The summed E-state index contributed by atoms with van der Waals surface area (Å²) in [5, 5.41) is 7.53. The Morgan fingerprint density at radius 1 is 1.39 bits per heavy atom. The molecule has 0 fully saturated rings. The van der Waals surface area contributed by atoms with Crippen molar-refractivity contribution in [2.75, 3.05) is 12.0 Å². The molecule has 96 valence electrons. The van der Waals surface area contributed by atoms with Crippen LogP contribution in [0.1, 0.15) is 1.43 Å². The van der Waals surface area contributed by atoms with Crippen molar-refractivity contribution in [3.8, 4) is 0 Å². The van der Waals surface area contributed by atoms with Gasteiger partial charge in [0.25, 0.3) is 0 Å². The fourth-order valence-electron chi connectivity index (χ4n) is 1.42. The quantitative estimate of drug-likeness (QED) is 0.470. The van der Waals surface area contributed by atoms with Gasteiger partial charge in [0.1, 0.15) is 9.79 Å². The molecular formula is C7H9ClN3NaO4S2. The molecule has 1 heterocycles. The molecule has 0 amide bonds. The van der Waals surface area contributed by atoms with Gasteiger partial charge in [0, 0.05) is 0 Å². The Morgan fingerprint density at radius 2 is 2.00 bits per heavy atom. The summed E-state index contributed by atoms with van der Waals surface area (Å²) in [5.74, 6) is 0. The monoisotopic (exact) mass is 321 g/mol. The van der Waals surface area contributed by atoms with Crippen LogP contribution < -0.4 is 44.7 Å². The van der Waals surface area contributed by atoms with Gasteiger partial charge in [-0.2, -0.15) is 4.72 Å². The second-order valence-electron chi connectivity index (χ2n) is 3.33. The van der Waals surface area contributed by atoms with E-state index in [0.717, 1.165) is 6.07 Å². The normalized spacial score (nSPS) is 17.2. The molecule has 0 bridgehead atoms. The number of hydrogen-bond donors (Lipinski definition) is 3. The first kappa shape index (κ1) is 16.2. The molecule has 0 atom stereocenters. The van der Waals surface area contributed by atoms with Crippen LogP contribution in [0.3, 0.4) is 0 Å². The van der Waals surface area contributed by atoms with E-state index in [9.17, 15) is 16.8 Å². The molecule has 1 aliphatic rings. The largest absolute Gasteiger partial charge is 1.00 e. The molecule has 0 unspecified atom stereocenters. The van der Waals surface area contributed by atoms with Gasteiger partial charge in [0.15, 0.2) is 0 Å². The van der Waals surface area contributed by atoms with Crippen LogP contribution >= 0.6 is 11.6 Å². The molecule has 4 N–H and O–H groups in total. The van der Waals surface area contributed by atoms with E-state index in [1.165, 1.54) is 6.07 Å². The first-order valence-electron chi connectivity index (χ1n) is 4.32. The van der Waals surface area contributed by atoms with Gasteiger partial charge in [-0.3, -0.25) is 0 Å².